The van der Waals surface area contributed by atoms with Crippen molar-refractivity contribution in [2.24, 2.45) is 5.84 Å². The monoisotopic (exact) mass is 392 g/mol. The molecule has 0 spiro atoms. The molecular formula is C20H23F3N4O. The summed E-state index contributed by atoms with van der Waals surface area (Å²) in [6.45, 7) is 2.61. The van der Waals surface area contributed by atoms with Crippen LogP contribution in [-0.2, 0) is 32.1 Å². The lowest BCUT2D eigenvalue weighted by Gasteiger charge is -2.32. The number of alkyl halides is 3. The molecule has 5 nitrogen and oxygen atoms in total. The average molecular weight is 392 g/mol. The van der Waals surface area contributed by atoms with E-state index in [1.165, 1.54) is 11.6 Å². The highest BCUT2D eigenvalue weighted by Crippen LogP contribution is 2.34. The van der Waals surface area contributed by atoms with Crippen LogP contribution in [0, 0.1) is 0 Å². The van der Waals surface area contributed by atoms with Crippen molar-refractivity contribution in [1.29, 1.82) is 0 Å². The molecule has 0 bridgehead atoms. The van der Waals surface area contributed by atoms with Gasteiger partial charge in [0.25, 0.3) is 0 Å². The molecule has 0 fully saturated rings. The normalized spacial score (nSPS) is 17.8. The third-order valence-electron chi connectivity index (χ3n) is 5.38. The maximum absolute atomic E-state index is 12.9. The molecule has 2 heterocycles. The van der Waals surface area contributed by atoms with Crippen LogP contribution in [0.3, 0.4) is 0 Å². The van der Waals surface area contributed by atoms with Gasteiger partial charge >= 0.3 is 6.18 Å². The summed E-state index contributed by atoms with van der Waals surface area (Å²) in [5.74, 6) is 6.79. The summed E-state index contributed by atoms with van der Waals surface area (Å²) in [5.41, 5.74) is 7.66. The number of anilines is 1. The van der Waals surface area contributed by atoms with Gasteiger partial charge in [-0.15, -0.1) is 0 Å². The number of hydrazine groups is 2. The van der Waals surface area contributed by atoms with Gasteiger partial charge in [0, 0.05) is 37.8 Å². The number of fused-ring (bicyclic) bond motifs is 2. The van der Waals surface area contributed by atoms with E-state index in [4.69, 9.17) is 10.6 Å². The molecule has 0 saturated heterocycles. The molecule has 0 saturated carbocycles. The highest BCUT2D eigenvalue weighted by Gasteiger charge is 2.31. The number of nitrogens with one attached hydrogen (secondary N) is 1. The largest absolute Gasteiger partial charge is 0.496 e. The second-order valence-electron chi connectivity index (χ2n) is 7.30. The van der Waals surface area contributed by atoms with Crippen molar-refractivity contribution in [3.8, 4) is 5.75 Å². The molecule has 150 valence electrons. The predicted molar refractivity (Wildman–Crippen MR) is 100 cm³/mol. The molecule has 28 heavy (non-hydrogen) atoms. The minimum Gasteiger partial charge on any atom is -0.496 e. The van der Waals surface area contributed by atoms with Gasteiger partial charge in [-0.1, -0.05) is 6.07 Å². The number of rotatable bonds is 3. The fourth-order valence-corrected chi connectivity index (χ4v) is 3.94. The maximum Gasteiger partial charge on any atom is 0.416 e. The van der Waals surface area contributed by atoms with Crippen LogP contribution in [0.5, 0.6) is 5.75 Å². The van der Waals surface area contributed by atoms with Crippen LogP contribution in [0.1, 0.15) is 27.8 Å². The van der Waals surface area contributed by atoms with Crippen LogP contribution in [0.25, 0.3) is 0 Å². The molecule has 4 rings (SSSR count). The number of methoxy groups -OCH3 is 1. The molecule has 8 heteroatoms. The van der Waals surface area contributed by atoms with E-state index in [9.17, 15) is 13.2 Å². The van der Waals surface area contributed by atoms with Crippen molar-refractivity contribution >= 4 is 5.69 Å². The number of hydrogen-bond donors (Lipinski definition) is 2. The van der Waals surface area contributed by atoms with Crippen molar-refractivity contribution in [3.05, 3.63) is 58.1 Å². The molecule has 0 amide bonds. The van der Waals surface area contributed by atoms with E-state index in [1.54, 1.807) is 18.2 Å². The van der Waals surface area contributed by atoms with E-state index < -0.39 is 11.7 Å². The van der Waals surface area contributed by atoms with Crippen LogP contribution in [0.4, 0.5) is 18.9 Å². The smallest absolute Gasteiger partial charge is 0.416 e. The van der Waals surface area contributed by atoms with Crippen LogP contribution in [0.2, 0.25) is 0 Å². The van der Waals surface area contributed by atoms with E-state index in [1.807, 2.05) is 11.1 Å². The van der Waals surface area contributed by atoms with Crippen LogP contribution in [-0.4, -0.2) is 30.2 Å². The first kappa shape index (κ1) is 19.0. The minimum absolute atomic E-state index is 0.538. The molecule has 2 aromatic rings. The summed E-state index contributed by atoms with van der Waals surface area (Å²) < 4.78 is 44.3. The molecule has 0 unspecified atom stereocenters. The zero-order chi connectivity index (χ0) is 19.9. The number of nitrogens with zero attached hydrogens (tertiary/aromatic N) is 2. The second kappa shape index (κ2) is 7.27. The van der Waals surface area contributed by atoms with Crippen LogP contribution in [0.15, 0.2) is 30.3 Å². The van der Waals surface area contributed by atoms with Crippen molar-refractivity contribution in [2.75, 3.05) is 25.6 Å². The minimum atomic E-state index is -4.30. The van der Waals surface area contributed by atoms with Gasteiger partial charge in [-0.05, 0) is 47.7 Å². The zero-order valence-electron chi connectivity index (χ0n) is 15.6. The predicted octanol–water partition coefficient (Wildman–Crippen LogP) is 3.33. The second-order valence-corrected chi connectivity index (χ2v) is 7.30. The van der Waals surface area contributed by atoms with E-state index in [0.29, 0.717) is 26.1 Å². The standard InChI is InChI=1S/C20H23F3N4O/c1-28-19-10-17(9-15-11-26(24)6-5-18(15)19)25-27-7-4-13-8-16(20(21,22)23)3-2-14(13)12-27/h2-3,8-10,25H,4-7,11-12,24H2,1H3. The van der Waals surface area contributed by atoms with E-state index in [0.717, 1.165) is 47.2 Å². The van der Waals surface area contributed by atoms with Gasteiger partial charge in [0.2, 0.25) is 0 Å². The van der Waals surface area contributed by atoms with Gasteiger partial charge in [0.05, 0.1) is 18.4 Å². The molecule has 2 aromatic carbocycles. The lowest BCUT2D eigenvalue weighted by Crippen LogP contribution is -2.37. The molecule has 0 radical (unpaired) electrons. The molecule has 0 aromatic heterocycles. The lowest BCUT2D eigenvalue weighted by molar-refractivity contribution is -0.137. The Morgan fingerprint density at radius 3 is 2.57 bits per heavy atom. The van der Waals surface area contributed by atoms with E-state index in [2.05, 4.69) is 11.5 Å². The first-order chi connectivity index (χ1) is 13.3. The van der Waals surface area contributed by atoms with E-state index in [-0.39, 0.29) is 0 Å². The Balaban J connectivity index is 1.52. The Morgan fingerprint density at radius 1 is 1.00 bits per heavy atom. The summed E-state index contributed by atoms with van der Waals surface area (Å²) in [7, 11) is 1.66. The number of benzene rings is 2. The third-order valence-corrected chi connectivity index (χ3v) is 5.38. The summed E-state index contributed by atoms with van der Waals surface area (Å²) in [4.78, 5) is 0. The third kappa shape index (κ3) is 3.80. The first-order valence-corrected chi connectivity index (χ1v) is 9.23. The van der Waals surface area contributed by atoms with Crippen molar-refractivity contribution < 1.29 is 17.9 Å². The molecule has 0 aliphatic carbocycles. The highest BCUT2D eigenvalue weighted by atomic mass is 19.4. The number of halogens is 3. The summed E-state index contributed by atoms with van der Waals surface area (Å²) in [5, 5.41) is 3.79. The molecule has 2 aliphatic heterocycles. The number of ether oxygens (including phenoxy) is 1. The highest BCUT2D eigenvalue weighted by molar-refractivity contribution is 5.56. The topological polar surface area (TPSA) is 53.8 Å². The maximum atomic E-state index is 12.9. The SMILES string of the molecule is COc1cc(NN2CCc3cc(C(F)(F)F)ccc3C2)cc2c1CCN(N)C2. The van der Waals surface area contributed by atoms with Gasteiger partial charge in [-0.25, -0.2) is 10.0 Å². The Labute approximate surface area is 161 Å². The van der Waals surface area contributed by atoms with Crippen molar-refractivity contribution in [3.63, 3.8) is 0 Å². The fraction of sp³-hybridized carbons (Fsp3) is 0.400. The summed E-state index contributed by atoms with van der Waals surface area (Å²) >= 11 is 0. The van der Waals surface area contributed by atoms with Gasteiger partial charge in [0.15, 0.2) is 0 Å². The summed E-state index contributed by atoms with van der Waals surface area (Å²) in [6.07, 6.45) is -2.90. The van der Waals surface area contributed by atoms with Crippen molar-refractivity contribution in [2.45, 2.75) is 32.1 Å². The Kier molecular flexibility index (Phi) is 4.95. The first-order valence-electron chi connectivity index (χ1n) is 9.23. The van der Waals surface area contributed by atoms with Gasteiger partial charge in [0.1, 0.15) is 5.75 Å². The zero-order valence-corrected chi connectivity index (χ0v) is 15.6. The van der Waals surface area contributed by atoms with Crippen molar-refractivity contribution in [1.82, 2.24) is 10.0 Å². The summed E-state index contributed by atoms with van der Waals surface area (Å²) in [6, 6.07) is 8.03. The van der Waals surface area contributed by atoms with Crippen LogP contribution >= 0.6 is 0 Å². The fourth-order valence-electron chi connectivity index (χ4n) is 3.94. The lowest BCUT2D eigenvalue weighted by atomic mass is 9.97. The average Bonchev–Trinajstić information content (AvgIpc) is 2.65. The quantitative estimate of drug-likeness (QED) is 0.785. The van der Waals surface area contributed by atoms with Crippen LogP contribution < -0.4 is 16.0 Å². The van der Waals surface area contributed by atoms with Gasteiger partial charge < -0.3 is 10.2 Å². The van der Waals surface area contributed by atoms with Gasteiger partial charge in [-0.3, -0.25) is 5.84 Å². The Bertz CT molecular complexity index is 884. The molecule has 0 atom stereocenters. The number of hydrogen-bond acceptors (Lipinski definition) is 5. The van der Waals surface area contributed by atoms with Gasteiger partial charge in [-0.2, -0.15) is 13.2 Å². The molecular weight excluding hydrogens is 369 g/mol. The molecule has 3 N–H and O–H groups in total. The molecule has 2 aliphatic rings. The Morgan fingerprint density at radius 2 is 1.82 bits per heavy atom. The van der Waals surface area contributed by atoms with E-state index >= 15 is 0 Å². The number of nitrogens with two attached hydrogens (primary N) is 1. The Hall–Kier alpha value is -2.29.